The summed E-state index contributed by atoms with van der Waals surface area (Å²) in [6.45, 7) is 5.55. The number of aliphatic hydroxyl groups is 1. The monoisotopic (exact) mass is 470 g/mol. The van der Waals surface area contributed by atoms with E-state index < -0.39 is 15.9 Å². The van der Waals surface area contributed by atoms with Crippen molar-refractivity contribution in [2.24, 2.45) is 0 Å². The fourth-order valence-corrected chi connectivity index (χ4v) is 7.35. The summed E-state index contributed by atoms with van der Waals surface area (Å²) in [7, 11) is -3.92. The van der Waals surface area contributed by atoms with Gasteiger partial charge in [0.15, 0.2) is 0 Å². The molecule has 0 aromatic heterocycles. The number of hydrogen-bond donors (Lipinski definition) is 1. The fourth-order valence-electron chi connectivity index (χ4n) is 2.81. The van der Waals surface area contributed by atoms with Crippen LogP contribution in [0.2, 0.25) is 0 Å². The summed E-state index contributed by atoms with van der Waals surface area (Å²) in [4.78, 5) is 0.155. The van der Waals surface area contributed by atoms with Crippen molar-refractivity contribution >= 4 is 33.7 Å². The minimum absolute atomic E-state index is 0.00796. The van der Waals surface area contributed by atoms with Gasteiger partial charge in [0.1, 0.15) is 0 Å². The van der Waals surface area contributed by atoms with Crippen LogP contribution >= 0.6 is 0 Å². The molecule has 0 saturated carbocycles. The van der Waals surface area contributed by atoms with Gasteiger partial charge in [0.25, 0.3) is 0 Å². The first-order chi connectivity index (χ1) is 13.9. The third kappa shape index (κ3) is 4.95. The third-order valence-electron chi connectivity index (χ3n) is 4.34. The summed E-state index contributed by atoms with van der Waals surface area (Å²) >= 11 is -0.334. The molecule has 0 aliphatic rings. The van der Waals surface area contributed by atoms with Crippen molar-refractivity contribution < 1.29 is 13.5 Å². The van der Waals surface area contributed by atoms with E-state index >= 15 is 0 Å². The molecule has 0 heterocycles. The Balaban J connectivity index is 2.28. The molecule has 3 rings (SSSR count). The number of sulfone groups is 1. The first-order valence-electron chi connectivity index (χ1n) is 9.08. The molecule has 29 heavy (non-hydrogen) atoms. The van der Waals surface area contributed by atoms with E-state index in [-0.39, 0.29) is 24.8 Å². The maximum absolute atomic E-state index is 13.6. The average molecular weight is 469 g/mol. The number of aliphatic hydroxyl groups excluding tert-OH is 1. The zero-order valence-electron chi connectivity index (χ0n) is 16.0. The second kappa shape index (κ2) is 9.38. The van der Waals surface area contributed by atoms with Gasteiger partial charge in [-0.15, -0.1) is 0 Å². The summed E-state index contributed by atoms with van der Waals surface area (Å²) in [6.07, 6.45) is -0.0347. The predicted octanol–water partition coefficient (Wildman–Crippen LogP) is 3.71. The van der Waals surface area contributed by atoms with Crippen molar-refractivity contribution in [3.05, 3.63) is 114 Å². The molecule has 0 saturated heterocycles. The van der Waals surface area contributed by atoms with E-state index in [1.165, 1.54) is 6.08 Å². The average Bonchev–Trinajstić information content (AvgIpc) is 2.74. The molecule has 3 aromatic rings. The van der Waals surface area contributed by atoms with Crippen LogP contribution in [0.25, 0.3) is 4.47 Å². The fraction of sp³-hybridized carbons (Fsp3) is 0.0833. The Hall–Kier alpha value is -2.43. The summed E-state index contributed by atoms with van der Waals surface area (Å²) in [5.74, 6) is 0. The Labute approximate surface area is 178 Å². The van der Waals surface area contributed by atoms with Crippen molar-refractivity contribution in [1.29, 1.82) is 0 Å². The van der Waals surface area contributed by atoms with Crippen molar-refractivity contribution in [3.63, 3.8) is 0 Å². The van der Waals surface area contributed by atoms with Crippen LogP contribution in [0.15, 0.2) is 107 Å². The Morgan fingerprint density at radius 3 is 2.03 bits per heavy atom. The molecule has 0 radical (unpaired) electrons. The van der Waals surface area contributed by atoms with Gasteiger partial charge in [-0.2, -0.15) is 0 Å². The molecule has 5 heteroatoms. The van der Waals surface area contributed by atoms with E-state index in [1.807, 2.05) is 67.6 Å². The summed E-state index contributed by atoms with van der Waals surface area (Å²) < 4.78 is 28.8. The second-order valence-corrected chi connectivity index (χ2v) is 10.7. The summed E-state index contributed by atoms with van der Waals surface area (Å²) in [5, 5.41) is 10.7. The van der Waals surface area contributed by atoms with Crippen molar-refractivity contribution in [2.45, 2.75) is 17.9 Å². The van der Waals surface area contributed by atoms with E-state index in [1.54, 1.807) is 24.3 Å². The van der Waals surface area contributed by atoms with Crippen LogP contribution in [0.3, 0.4) is 0 Å². The van der Waals surface area contributed by atoms with Gasteiger partial charge in [-0.1, -0.05) is 0 Å². The van der Waals surface area contributed by atoms with Gasteiger partial charge < -0.3 is 0 Å². The van der Waals surface area contributed by atoms with E-state index in [0.29, 0.717) is 4.47 Å². The molecule has 0 amide bonds. The number of hydrogen-bond acceptors (Lipinski definition) is 3. The van der Waals surface area contributed by atoms with Crippen LogP contribution in [0, 0.1) is 6.92 Å². The Morgan fingerprint density at radius 1 is 0.931 bits per heavy atom. The van der Waals surface area contributed by atoms with E-state index in [4.69, 9.17) is 0 Å². The minimum atomic E-state index is -3.92. The van der Waals surface area contributed by atoms with Gasteiger partial charge in [0.05, 0.1) is 0 Å². The predicted molar refractivity (Wildman–Crippen MR) is 120 cm³/mol. The van der Waals surface area contributed by atoms with Crippen LogP contribution < -0.4 is 4.46 Å². The summed E-state index contributed by atoms with van der Waals surface area (Å²) in [6, 6.07) is 25.8. The molecule has 0 aliphatic carbocycles. The molecule has 0 aliphatic heterocycles. The standard InChI is InChI=1S/C24H22O3SSe/c1-3-22(25)23(28(26,27)20-16-14-18(2)15-17-20)24(19-10-6-4-7-11-19)29-21-12-8-5-9-13-21/h3-17,22,25H,1H2,2H3/b24-23-. The molecule has 3 aromatic carbocycles. The molecule has 1 atom stereocenters. The van der Waals surface area contributed by atoms with Gasteiger partial charge in [0.2, 0.25) is 0 Å². The third-order valence-corrected chi connectivity index (χ3v) is 8.99. The quantitative estimate of drug-likeness (QED) is 0.424. The Kier molecular flexibility index (Phi) is 6.88. The first-order valence-corrected chi connectivity index (χ1v) is 12.3. The zero-order chi connectivity index (χ0) is 20.9. The van der Waals surface area contributed by atoms with Crippen molar-refractivity contribution in [3.8, 4) is 0 Å². The number of aryl methyl sites for hydroxylation is 1. The van der Waals surface area contributed by atoms with Crippen LogP contribution in [0.4, 0.5) is 0 Å². The Morgan fingerprint density at radius 2 is 1.48 bits per heavy atom. The second-order valence-electron chi connectivity index (χ2n) is 6.47. The van der Waals surface area contributed by atoms with Gasteiger partial charge in [-0.05, 0) is 0 Å². The first kappa shape index (κ1) is 21.3. The topological polar surface area (TPSA) is 54.4 Å². The van der Waals surface area contributed by atoms with Crippen LogP contribution in [-0.2, 0) is 9.84 Å². The van der Waals surface area contributed by atoms with E-state index in [2.05, 4.69) is 6.58 Å². The number of benzene rings is 3. The van der Waals surface area contributed by atoms with Gasteiger partial charge in [-0.3, -0.25) is 0 Å². The molecule has 1 unspecified atom stereocenters. The normalized spacial score (nSPS) is 13.4. The van der Waals surface area contributed by atoms with Crippen LogP contribution in [0.5, 0.6) is 0 Å². The maximum atomic E-state index is 13.6. The van der Waals surface area contributed by atoms with Gasteiger partial charge >= 0.3 is 179 Å². The van der Waals surface area contributed by atoms with Crippen molar-refractivity contribution in [2.75, 3.05) is 0 Å². The molecule has 1 N–H and O–H groups in total. The number of rotatable bonds is 7. The van der Waals surface area contributed by atoms with Crippen LogP contribution in [-0.4, -0.2) is 34.6 Å². The van der Waals surface area contributed by atoms with Gasteiger partial charge in [-0.25, -0.2) is 0 Å². The Bertz CT molecular complexity index is 1100. The van der Waals surface area contributed by atoms with Gasteiger partial charge in [0, 0.05) is 0 Å². The molecule has 0 fully saturated rings. The molecular formula is C24H22O3SSe. The van der Waals surface area contributed by atoms with Crippen LogP contribution in [0.1, 0.15) is 11.1 Å². The molecular weight excluding hydrogens is 447 g/mol. The van der Waals surface area contributed by atoms with Crippen molar-refractivity contribution in [1.82, 2.24) is 0 Å². The molecule has 3 nitrogen and oxygen atoms in total. The van der Waals surface area contributed by atoms with E-state index in [9.17, 15) is 13.5 Å². The molecule has 0 bridgehead atoms. The van der Waals surface area contributed by atoms with E-state index in [0.717, 1.165) is 15.6 Å². The SMILES string of the molecule is C=CC(O)/C(=C(/[Se]c1ccccc1)c1ccccc1)S(=O)(=O)c1ccc(C)cc1. The molecule has 148 valence electrons. The summed E-state index contributed by atoms with van der Waals surface area (Å²) in [5.41, 5.74) is 1.75. The zero-order valence-corrected chi connectivity index (χ0v) is 18.6. The molecule has 0 spiro atoms.